The van der Waals surface area contributed by atoms with E-state index in [1.165, 1.54) is 0 Å². The van der Waals surface area contributed by atoms with Gasteiger partial charge in [0.1, 0.15) is 0 Å². The average Bonchev–Trinajstić information content (AvgIpc) is 2.48. The SMILES string of the molecule is N#Cc1ccc(Cc2cc(=O)[nH]c3ccccc23)cc1. The number of H-pyrrole nitrogens is 1. The predicted molar refractivity (Wildman–Crippen MR) is 78.5 cm³/mol. The van der Waals surface area contributed by atoms with Crippen molar-refractivity contribution in [1.82, 2.24) is 4.98 Å². The fraction of sp³-hybridized carbons (Fsp3) is 0.0588. The Morgan fingerprint density at radius 1 is 1.05 bits per heavy atom. The van der Waals surface area contributed by atoms with Crippen molar-refractivity contribution in [3.8, 4) is 6.07 Å². The highest BCUT2D eigenvalue weighted by atomic mass is 16.1. The van der Waals surface area contributed by atoms with Gasteiger partial charge in [0, 0.05) is 17.0 Å². The van der Waals surface area contributed by atoms with Crippen LogP contribution in [0, 0.1) is 11.3 Å². The summed E-state index contributed by atoms with van der Waals surface area (Å²) in [6.07, 6.45) is 0.677. The van der Waals surface area contributed by atoms with E-state index < -0.39 is 0 Å². The average molecular weight is 260 g/mol. The lowest BCUT2D eigenvalue weighted by atomic mass is 10.0. The number of rotatable bonds is 2. The van der Waals surface area contributed by atoms with Crippen molar-refractivity contribution in [3.05, 3.63) is 81.6 Å². The molecule has 0 radical (unpaired) electrons. The molecule has 0 atom stereocenters. The summed E-state index contributed by atoms with van der Waals surface area (Å²) in [4.78, 5) is 14.5. The molecule has 0 aliphatic carbocycles. The Balaban J connectivity index is 2.05. The van der Waals surface area contributed by atoms with Crippen LogP contribution in [0.2, 0.25) is 0 Å². The van der Waals surface area contributed by atoms with Crippen LogP contribution in [0.15, 0.2) is 59.4 Å². The van der Waals surface area contributed by atoms with E-state index in [1.54, 1.807) is 18.2 Å². The van der Waals surface area contributed by atoms with E-state index in [0.29, 0.717) is 12.0 Å². The van der Waals surface area contributed by atoms with Gasteiger partial charge in [-0.1, -0.05) is 30.3 Å². The Bertz CT molecular complexity index is 855. The molecule has 0 unspecified atom stereocenters. The largest absolute Gasteiger partial charge is 0.322 e. The zero-order chi connectivity index (χ0) is 13.9. The van der Waals surface area contributed by atoms with E-state index in [1.807, 2.05) is 36.4 Å². The van der Waals surface area contributed by atoms with Crippen molar-refractivity contribution in [2.24, 2.45) is 0 Å². The summed E-state index contributed by atoms with van der Waals surface area (Å²) in [5.41, 5.74) is 3.48. The standard InChI is InChI=1S/C17H12N2O/c18-11-13-7-5-12(6-8-13)9-14-10-17(20)19-16-4-2-1-3-15(14)16/h1-8,10H,9H2,(H,19,20). The molecule has 20 heavy (non-hydrogen) atoms. The van der Waals surface area contributed by atoms with Crippen molar-refractivity contribution >= 4 is 10.9 Å². The second kappa shape index (κ2) is 5.02. The molecule has 1 aromatic heterocycles. The molecule has 0 bridgehead atoms. The van der Waals surface area contributed by atoms with Crippen LogP contribution in [0.4, 0.5) is 0 Å². The quantitative estimate of drug-likeness (QED) is 0.770. The van der Waals surface area contributed by atoms with Crippen molar-refractivity contribution in [3.63, 3.8) is 0 Å². The van der Waals surface area contributed by atoms with Crippen LogP contribution in [0.5, 0.6) is 0 Å². The fourth-order valence-corrected chi connectivity index (χ4v) is 2.34. The molecule has 0 fully saturated rings. The summed E-state index contributed by atoms with van der Waals surface area (Å²) in [5, 5.41) is 9.85. The van der Waals surface area contributed by atoms with Crippen molar-refractivity contribution in [2.75, 3.05) is 0 Å². The molecule has 0 saturated heterocycles. The molecule has 96 valence electrons. The first kappa shape index (κ1) is 12.2. The van der Waals surface area contributed by atoms with Gasteiger partial charge in [-0.25, -0.2) is 0 Å². The van der Waals surface area contributed by atoms with Crippen molar-refractivity contribution in [1.29, 1.82) is 5.26 Å². The molecule has 0 aliphatic heterocycles. The Kier molecular flexibility index (Phi) is 3.06. The molecule has 3 rings (SSSR count). The Morgan fingerprint density at radius 2 is 1.80 bits per heavy atom. The van der Waals surface area contributed by atoms with Gasteiger partial charge in [0.15, 0.2) is 0 Å². The summed E-state index contributed by atoms with van der Waals surface area (Å²) < 4.78 is 0. The van der Waals surface area contributed by atoms with Crippen LogP contribution >= 0.6 is 0 Å². The van der Waals surface area contributed by atoms with Gasteiger partial charge >= 0.3 is 0 Å². The number of aromatic nitrogens is 1. The second-order valence-electron chi connectivity index (χ2n) is 4.69. The number of hydrogen-bond donors (Lipinski definition) is 1. The van der Waals surface area contributed by atoms with Gasteiger partial charge in [-0.05, 0) is 35.7 Å². The molecule has 3 heteroatoms. The minimum Gasteiger partial charge on any atom is -0.322 e. The number of benzene rings is 2. The fourth-order valence-electron chi connectivity index (χ4n) is 2.34. The third-order valence-electron chi connectivity index (χ3n) is 3.31. The number of para-hydroxylation sites is 1. The molecule has 0 saturated carbocycles. The van der Waals surface area contributed by atoms with E-state index in [4.69, 9.17) is 5.26 Å². The third kappa shape index (κ3) is 2.32. The number of nitrogens with zero attached hydrogens (tertiary/aromatic N) is 1. The van der Waals surface area contributed by atoms with Crippen molar-refractivity contribution < 1.29 is 0 Å². The summed E-state index contributed by atoms with van der Waals surface area (Å²) in [7, 11) is 0. The summed E-state index contributed by atoms with van der Waals surface area (Å²) in [6.45, 7) is 0. The lowest BCUT2D eigenvalue weighted by Crippen LogP contribution is -2.06. The number of nitrogens with one attached hydrogen (secondary N) is 1. The van der Waals surface area contributed by atoms with E-state index >= 15 is 0 Å². The minimum atomic E-state index is -0.0904. The Labute approximate surface area is 116 Å². The van der Waals surface area contributed by atoms with E-state index in [0.717, 1.165) is 22.0 Å². The lowest BCUT2D eigenvalue weighted by Gasteiger charge is -2.06. The molecule has 1 heterocycles. The van der Waals surface area contributed by atoms with Crippen LogP contribution in [0.1, 0.15) is 16.7 Å². The summed E-state index contributed by atoms with van der Waals surface area (Å²) in [5.74, 6) is 0. The second-order valence-corrected chi connectivity index (χ2v) is 4.69. The molecule has 0 amide bonds. The van der Waals surface area contributed by atoms with Crippen molar-refractivity contribution in [2.45, 2.75) is 6.42 Å². The van der Waals surface area contributed by atoms with Crippen LogP contribution in [0.3, 0.4) is 0 Å². The van der Waals surface area contributed by atoms with Gasteiger partial charge in [-0.2, -0.15) is 5.26 Å². The molecule has 1 N–H and O–H groups in total. The van der Waals surface area contributed by atoms with Gasteiger partial charge < -0.3 is 4.98 Å². The Morgan fingerprint density at radius 3 is 2.55 bits per heavy atom. The lowest BCUT2D eigenvalue weighted by molar-refractivity contribution is 1.17. The predicted octanol–water partition coefficient (Wildman–Crippen LogP) is 2.99. The first-order chi connectivity index (χ1) is 9.76. The topological polar surface area (TPSA) is 56.6 Å². The van der Waals surface area contributed by atoms with E-state index in [2.05, 4.69) is 11.1 Å². The molecular weight excluding hydrogens is 248 g/mol. The zero-order valence-electron chi connectivity index (χ0n) is 10.8. The van der Waals surface area contributed by atoms with Gasteiger partial charge in [0.05, 0.1) is 11.6 Å². The van der Waals surface area contributed by atoms with Gasteiger partial charge in [-0.3, -0.25) is 4.79 Å². The van der Waals surface area contributed by atoms with E-state index in [-0.39, 0.29) is 5.56 Å². The molecule has 3 aromatic rings. The monoisotopic (exact) mass is 260 g/mol. The zero-order valence-corrected chi connectivity index (χ0v) is 10.8. The third-order valence-corrected chi connectivity index (χ3v) is 3.31. The summed E-state index contributed by atoms with van der Waals surface area (Å²) >= 11 is 0. The van der Waals surface area contributed by atoms with Gasteiger partial charge in [0.25, 0.3) is 0 Å². The molecule has 0 spiro atoms. The maximum absolute atomic E-state index is 11.7. The molecule has 2 aromatic carbocycles. The number of nitriles is 1. The number of aromatic amines is 1. The maximum Gasteiger partial charge on any atom is 0.248 e. The Hall–Kier alpha value is -2.86. The highest BCUT2D eigenvalue weighted by Gasteiger charge is 2.04. The summed E-state index contributed by atoms with van der Waals surface area (Å²) in [6, 6.07) is 19.0. The highest BCUT2D eigenvalue weighted by Crippen LogP contribution is 2.18. The van der Waals surface area contributed by atoms with Gasteiger partial charge in [-0.15, -0.1) is 0 Å². The highest BCUT2D eigenvalue weighted by molar-refractivity contribution is 5.82. The maximum atomic E-state index is 11.7. The normalized spacial score (nSPS) is 10.3. The molecule has 3 nitrogen and oxygen atoms in total. The van der Waals surface area contributed by atoms with E-state index in [9.17, 15) is 4.79 Å². The number of hydrogen-bond acceptors (Lipinski definition) is 2. The molecule has 0 aliphatic rings. The van der Waals surface area contributed by atoms with Crippen LogP contribution in [0.25, 0.3) is 10.9 Å². The van der Waals surface area contributed by atoms with Crippen LogP contribution in [-0.2, 0) is 6.42 Å². The van der Waals surface area contributed by atoms with Crippen LogP contribution in [-0.4, -0.2) is 4.98 Å². The van der Waals surface area contributed by atoms with Gasteiger partial charge in [0.2, 0.25) is 5.56 Å². The first-order valence-electron chi connectivity index (χ1n) is 6.36. The molecular formula is C17H12N2O. The number of pyridine rings is 1. The number of fused-ring (bicyclic) bond motifs is 1. The first-order valence-corrected chi connectivity index (χ1v) is 6.36. The van der Waals surface area contributed by atoms with Crippen LogP contribution < -0.4 is 5.56 Å². The smallest absolute Gasteiger partial charge is 0.248 e. The minimum absolute atomic E-state index is 0.0904.